The molecule has 1 N–H and O–H groups in total. The zero-order valence-electron chi connectivity index (χ0n) is 14.8. The predicted molar refractivity (Wildman–Crippen MR) is 105 cm³/mol. The van der Waals surface area contributed by atoms with Crippen molar-refractivity contribution in [3.63, 3.8) is 0 Å². The lowest BCUT2D eigenvalue weighted by Crippen LogP contribution is -2.45. The van der Waals surface area contributed by atoms with Gasteiger partial charge in [-0.3, -0.25) is 19.2 Å². The van der Waals surface area contributed by atoms with Crippen molar-refractivity contribution in [2.75, 3.05) is 15.9 Å². The van der Waals surface area contributed by atoms with Gasteiger partial charge in [-0.1, -0.05) is 23.7 Å². The molecule has 0 aliphatic carbocycles. The molecule has 2 aromatic rings. The lowest BCUT2D eigenvalue weighted by atomic mass is 10.2. The number of benzene rings is 2. The van der Waals surface area contributed by atoms with E-state index < -0.39 is 26.9 Å². The van der Waals surface area contributed by atoms with Crippen molar-refractivity contribution in [3.05, 3.63) is 63.2 Å². The highest BCUT2D eigenvalue weighted by molar-refractivity contribution is 7.92. The maximum absolute atomic E-state index is 12.7. The Labute approximate surface area is 162 Å². The first kappa shape index (κ1) is 20.7. The molecule has 144 valence electrons. The van der Waals surface area contributed by atoms with E-state index >= 15 is 0 Å². The molecular formula is C17H18ClN3O5S. The third kappa shape index (κ3) is 4.75. The predicted octanol–water partition coefficient (Wildman–Crippen LogP) is 3.35. The van der Waals surface area contributed by atoms with E-state index in [1.165, 1.54) is 25.1 Å². The van der Waals surface area contributed by atoms with Gasteiger partial charge in [-0.15, -0.1) is 0 Å². The number of non-ortho nitro benzene ring substituents is 1. The summed E-state index contributed by atoms with van der Waals surface area (Å²) in [6.45, 7) is 3.12. The van der Waals surface area contributed by atoms with E-state index in [0.717, 1.165) is 16.6 Å². The number of hydrogen-bond acceptors (Lipinski definition) is 5. The molecule has 27 heavy (non-hydrogen) atoms. The van der Waals surface area contributed by atoms with Crippen LogP contribution in [0.1, 0.15) is 12.5 Å². The summed E-state index contributed by atoms with van der Waals surface area (Å²) in [5.74, 6) is -0.600. The summed E-state index contributed by atoms with van der Waals surface area (Å²) in [6.07, 6.45) is 0.931. The molecule has 0 heterocycles. The van der Waals surface area contributed by atoms with Crippen LogP contribution in [0.3, 0.4) is 0 Å². The standard InChI is InChI=1S/C17H18ClN3O5S/c1-11-15(18)8-5-9-16(11)19-17(22)12(2)20(27(3,25)26)13-6-4-7-14(10-13)21(23)24/h4-10,12H,1-3H3,(H,19,22)/t12-/m0/s1. The number of hydrogen-bond donors (Lipinski definition) is 1. The lowest BCUT2D eigenvalue weighted by molar-refractivity contribution is -0.384. The molecule has 0 radical (unpaired) electrons. The molecule has 2 aromatic carbocycles. The minimum Gasteiger partial charge on any atom is -0.324 e. The summed E-state index contributed by atoms with van der Waals surface area (Å²) < 4.78 is 25.4. The van der Waals surface area contributed by atoms with Crippen LogP contribution in [0.5, 0.6) is 0 Å². The highest BCUT2D eigenvalue weighted by Gasteiger charge is 2.30. The van der Waals surface area contributed by atoms with E-state index in [4.69, 9.17) is 11.6 Å². The molecule has 0 fully saturated rings. The summed E-state index contributed by atoms with van der Waals surface area (Å²) in [6, 6.07) is 8.91. The van der Waals surface area contributed by atoms with Crippen molar-refractivity contribution >= 4 is 44.6 Å². The lowest BCUT2D eigenvalue weighted by Gasteiger charge is -2.28. The van der Waals surface area contributed by atoms with Crippen LogP contribution < -0.4 is 9.62 Å². The van der Waals surface area contributed by atoms with Gasteiger partial charge in [-0.25, -0.2) is 8.42 Å². The molecular weight excluding hydrogens is 394 g/mol. The summed E-state index contributed by atoms with van der Waals surface area (Å²) in [7, 11) is -3.89. The van der Waals surface area contributed by atoms with Crippen molar-refractivity contribution in [1.29, 1.82) is 0 Å². The molecule has 0 bridgehead atoms. The molecule has 2 rings (SSSR count). The second-order valence-electron chi connectivity index (χ2n) is 5.91. The average Bonchev–Trinajstić information content (AvgIpc) is 2.58. The van der Waals surface area contributed by atoms with Gasteiger partial charge in [0.25, 0.3) is 5.69 Å². The number of carbonyl (C=O) groups is 1. The molecule has 0 aromatic heterocycles. The van der Waals surface area contributed by atoms with Gasteiger partial charge in [0.15, 0.2) is 0 Å². The van der Waals surface area contributed by atoms with E-state index in [-0.39, 0.29) is 11.4 Å². The molecule has 1 atom stereocenters. The topological polar surface area (TPSA) is 110 Å². The van der Waals surface area contributed by atoms with Crippen molar-refractivity contribution in [2.24, 2.45) is 0 Å². The quantitative estimate of drug-likeness (QED) is 0.579. The van der Waals surface area contributed by atoms with E-state index in [1.54, 1.807) is 25.1 Å². The molecule has 0 spiro atoms. The minimum atomic E-state index is -3.89. The molecule has 10 heteroatoms. The van der Waals surface area contributed by atoms with Gasteiger partial charge in [-0.05, 0) is 37.6 Å². The monoisotopic (exact) mass is 411 g/mol. The fraction of sp³-hybridized carbons (Fsp3) is 0.235. The van der Waals surface area contributed by atoms with Crippen LogP contribution in [0.15, 0.2) is 42.5 Å². The third-order valence-electron chi connectivity index (χ3n) is 3.91. The van der Waals surface area contributed by atoms with Crippen LogP contribution in [0, 0.1) is 17.0 Å². The summed E-state index contributed by atoms with van der Waals surface area (Å²) >= 11 is 6.03. The zero-order chi connectivity index (χ0) is 20.4. The van der Waals surface area contributed by atoms with Gasteiger partial charge in [-0.2, -0.15) is 0 Å². The van der Waals surface area contributed by atoms with Crippen molar-refractivity contribution in [2.45, 2.75) is 19.9 Å². The van der Waals surface area contributed by atoms with Crippen LogP contribution >= 0.6 is 11.6 Å². The van der Waals surface area contributed by atoms with Gasteiger partial charge >= 0.3 is 0 Å². The summed E-state index contributed by atoms with van der Waals surface area (Å²) in [5, 5.41) is 14.1. The molecule has 8 nitrogen and oxygen atoms in total. The van der Waals surface area contributed by atoms with Gasteiger partial charge in [0.05, 0.1) is 16.9 Å². The Morgan fingerprint density at radius 1 is 1.26 bits per heavy atom. The maximum Gasteiger partial charge on any atom is 0.271 e. The van der Waals surface area contributed by atoms with E-state index in [2.05, 4.69) is 5.32 Å². The maximum atomic E-state index is 12.7. The summed E-state index contributed by atoms with van der Waals surface area (Å²) in [5.41, 5.74) is 0.837. The van der Waals surface area contributed by atoms with Crippen LogP contribution in [0.4, 0.5) is 17.1 Å². The Hall–Kier alpha value is -2.65. The number of nitro benzene ring substituents is 1. The molecule has 0 aliphatic rings. The molecule has 0 unspecified atom stereocenters. The average molecular weight is 412 g/mol. The van der Waals surface area contributed by atoms with E-state index in [9.17, 15) is 23.3 Å². The second-order valence-corrected chi connectivity index (χ2v) is 8.18. The molecule has 0 aliphatic heterocycles. The third-order valence-corrected chi connectivity index (χ3v) is 5.56. The Balaban J connectivity index is 2.39. The summed E-state index contributed by atoms with van der Waals surface area (Å²) in [4.78, 5) is 23.0. The van der Waals surface area contributed by atoms with Crippen LogP contribution in [0.25, 0.3) is 0 Å². The van der Waals surface area contributed by atoms with Crippen molar-refractivity contribution < 1.29 is 18.1 Å². The molecule has 1 amide bonds. The SMILES string of the molecule is Cc1c(Cl)cccc1NC(=O)[C@H](C)N(c1cccc([N+](=O)[O-])c1)S(C)(=O)=O. The van der Waals surface area contributed by atoms with Gasteiger partial charge < -0.3 is 5.32 Å². The highest BCUT2D eigenvalue weighted by atomic mass is 35.5. The Morgan fingerprint density at radius 2 is 1.89 bits per heavy atom. The fourth-order valence-electron chi connectivity index (χ4n) is 2.53. The number of carbonyl (C=O) groups excluding carboxylic acids is 1. The largest absolute Gasteiger partial charge is 0.324 e. The first-order chi connectivity index (χ1) is 12.5. The number of sulfonamides is 1. The number of rotatable bonds is 6. The number of nitrogens with one attached hydrogen (secondary N) is 1. The first-order valence-electron chi connectivity index (χ1n) is 7.82. The van der Waals surface area contributed by atoms with Crippen LogP contribution in [-0.2, 0) is 14.8 Å². The second kappa shape index (κ2) is 7.93. The highest BCUT2D eigenvalue weighted by Crippen LogP contribution is 2.27. The Morgan fingerprint density at radius 3 is 2.48 bits per heavy atom. The van der Waals surface area contributed by atoms with Crippen LogP contribution in [0.2, 0.25) is 5.02 Å². The Bertz CT molecular complexity index is 994. The number of nitrogens with zero attached hydrogens (tertiary/aromatic N) is 2. The van der Waals surface area contributed by atoms with Crippen molar-refractivity contribution in [3.8, 4) is 0 Å². The first-order valence-corrected chi connectivity index (χ1v) is 10.0. The van der Waals surface area contributed by atoms with Crippen molar-refractivity contribution in [1.82, 2.24) is 0 Å². The van der Waals surface area contributed by atoms with E-state index in [1.807, 2.05) is 0 Å². The van der Waals surface area contributed by atoms with Gasteiger partial charge in [0.1, 0.15) is 6.04 Å². The van der Waals surface area contributed by atoms with Crippen LogP contribution in [-0.4, -0.2) is 31.5 Å². The minimum absolute atomic E-state index is 0.0252. The normalized spacial score (nSPS) is 12.3. The number of nitro groups is 1. The Kier molecular flexibility index (Phi) is 6.07. The van der Waals surface area contributed by atoms with Gasteiger partial charge in [0.2, 0.25) is 15.9 Å². The fourth-order valence-corrected chi connectivity index (χ4v) is 3.87. The van der Waals surface area contributed by atoms with E-state index in [0.29, 0.717) is 16.3 Å². The molecule has 0 saturated heterocycles. The number of amides is 1. The number of halogens is 1. The number of anilines is 2. The smallest absolute Gasteiger partial charge is 0.271 e. The van der Waals surface area contributed by atoms with Gasteiger partial charge in [0, 0.05) is 22.8 Å². The zero-order valence-corrected chi connectivity index (χ0v) is 16.4. The molecule has 0 saturated carbocycles.